The van der Waals surface area contributed by atoms with Crippen molar-refractivity contribution in [3.8, 4) is 23.0 Å². The summed E-state index contributed by atoms with van der Waals surface area (Å²) in [6.07, 6.45) is 0.741. The van der Waals surface area contributed by atoms with Crippen molar-refractivity contribution < 1.29 is 18.9 Å². The van der Waals surface area contributed by atoms with Crippen molar-refractivity contribution in [3.63, 3.8) is 0 Å². The molecule has 0 spiro atoms. The molecule has 2 aromatic rings. The largest absolute Gasteiger partial charge is 0.496 e. The van der Waals surface area contributed by atoms with Gasteiger partial charge in [-0.1, -0.05) is 24.3 Å². The van der Waals surface area contributed by atoms with Gasteiger partial charge in [-0.2, -0.15) is 0 Å². The molecule has 7 nitrogen and oxygen atoms in total. The number of nitrogens with one attached hydrogen (secondary N) is 1. The number of nitrogens with zero attached hydrogens (tertiary/aromatic N) is 2. The van der Waals surface area contributed by atoms with Gasteiger partial charge in [-0.15, -0.1) is 0 Å². The summed E-state index contributed by atoms with van der Waals surface area (Å²) in [5, 5.41) is 3.40. The van der Waals surface area contributed by atoms with Crippen LogP contribution in [0.3, 0.4) is 0 Å². The van der Waals surface area contributed by atoms with Crippen molar-refractivity contribution >= 4 is 5.96 Å². The summed E-state index contributed by atoms with van der Waals surface area (Å²) >= 11 is 0. The second kappa shape index (κ2) is 11.0. The highest BCUT2D eigenvalue weighted by Gasteiger charge is 2.16. The lowest BCUT2D eigenvalue weighted by Gasteiger charge is -2.23. The zero-order valence-electron chi connectivity index (χ0n) is 18.1. The van der Waals surface area contributed by atoms with Crippen LogP contribution >= 0.6 is 0 Å². The van der Waals surface area contributed by atoms with Crippen molar-refractivity contribution in [2.45, 2.75) is 13.0 Å². The van der Waals surface area contributed by atoms with Crippen molar-refractivity contribution in [2.75, 3.05) is 49.1 Å². The second-order valence-corrected chi connectivity index (χ2v) is 6.39. The molecular weight excluding hydrogens is 370 g/mol. The van der Waals surface area contributed by atoms with E-state index in [4.69, 9.17) is 18.9 Å². The van der Waals surface area contributed by atoms with E-state index in [1.54, 1.807) is 35.5 Å². The minimum Gasteiger partial charge on any atom is -0.496 e. The first-order chi connectivity index (χ1) is 14.1. The SMILES string of the molecule is CN=C(NCCc1ccc(OC)c(OC)c1OC)N(C)Cc1ccccc1OC. The van der Waals surface area contributed by atoms with Gasteiger partial charge in [-0.25, -0.2) is 0 Å². The number of para-hydroxylation sites is 1. The number of guanidine groups is 1. The van der Waals surface area contributed by atoms with Crippen LogP contribution in [0.2, 0.25) is 0 Å². The smallest absolute Gasteiger partial charge is 0.203 e. The van der Waals surface area contributed by atoms with Crippen LogP contribution in [0.25, 0.3) is 0 Å². The molecule has 0 aliphatic heterocycles. The van der Waals surface area contributed by atoms with Gasteiger partial charge in [0, 0.05) is 38.3 Å². The fourth-order valence-corrected chi connectivity index (χ4v) is 3.22. The van der Waals surface area contributed by atoms with Crippen LogP contribution in [0, 0.1) is 0 Å². The maximum absolute atomic E-state index is 5.56. The molecule has 0 unspecified atom stereocenters. The standard InChI is InChI=1S/C22H31N3O4/c1-23-22(25(2)15-17-9-7-8-10-18(17)26-3)24-14-13-16-11-12-19(27-4)21(29-6)20(16)28-5/h7-12H,13-15H2,1-6H3,(H,23,24). The molecule has 158 valence electrons. The Morgan fingerprint density at radius 3 is 2.17 bits per heavy atom. The van der Waals surface area contributed by atoms with Crippen LogP contribution in [0.15, 0.2) is 41.4 Å². The molecule has 0 heterocycles. The molecule has 0 radical (unpaired) electrons. The Kier molecular flexibility index (Phi) is 8.45. The van der Waals surface area contributed by atoms with E-state index in [0.29, 0.717) is 30.3 Å². The van der Waals surface area contributed by atoms with Crippen LogP contribution in [-0.2, 0) is 13.0 Å². The summed E-state index contributed by atoms with van der Waals surface area (Å²) in [5.74, 6) is 3.60. The van der Waals surface area contributed by atoms with Crippen molar-refractivity contribution in [3.05, 3.63) is 47.5 Å². The Morgan fingerprint density at radius 1 is 0.862 bits per heavy atom. The van der Waals surface area contributed by atoms with Crippen molar-refractivity contribution in [2.24, 2.45) is 4.99 Å². The molecular formula is C22H31N3O4. The van der Waals surface area contributed by atoms with Gasteiger partial charge in [0.15, 0.2) is 17.5 Å². The third-order valence-corrected chi connectivity index (χ3v) is 4.64. The molecule has 0 amide bonds. The Hall–Kier alpha value is -3.09. The molecule has 29 heavy (non-hydrogen) atoms. The quantitative estimate of drug-likeness (QED) is 0.515. The number of hydrogen-bond donors (Lipinski definition) is 1. The molecule has 0 aliphatic carbocycles. The lowest BCUT2D eigenvalue weighted by Crippen LogP contribution is -2.39. The highest BCUT2D eigenvalue weighted by atomic mass is 16.5. The molecule has 7 heteroatoms. The first-order valence-electron chi connectivity index (χ1n) is 9.41. The number of rotatable bonds is 9. The van der Waals surface area contributed by atoms with Crippen molar-refractivity contribution in [1.29, 1.82) is 0 Å². The van der Waals surface area contributed by atoms with Crippen LogP contribution in [0.5, 0.6) is 23.0 Å². The fourth-order valence-electron chi connectivity index (χ4n) is 3.22. The molecule has 0 saturated heterocycles. The Labute approximate surface area is 173 Å². The minimum atomic E-state index is 0.602. The predicted molar refractivity (Wildman–Crippen MR) is 116 cm³/mol. The molecule has 2 rings (SSSR count). The minimum absolute atomic E-state index is 0.602. The monoisotopic (exact) mass is 401 g/mol. The van der Waals surface area contributed by atoms with Gasteiger partial charge in [0.2, 0.25) is 5.75 Å². The van der Waals surface area contributed by atoms with E-state index < -0.39 is 0 Å². The Balaban J connectivity index is 2.03. The summed E-state index contributed by atoms with van der Waals surface area (Å²) in [4.78, 5) is 6.45. The van der Waals surface area contributed by atoms with E-state index in [0.717, 1.165) is 29.3 Å². The number of methoxy groups -OCH3 is 4. The van der Waals surface area contributed by atoms with E-state index in [1.165, 1.54) is 0 Å². The number of ether oxygens (including phenoxy) is 4. The third-order valence-electron chi connectivity index (χ3n) is 4.64. The Bertz CT molecular complexity index is 824. The van der Waals surface area contributed by atoms with Crippen LogP contribution in [0.4, 0.5) is 0 Å². The first-order valence-corrected chi connectivity index (χ1v) is 9.41. The lowest BCUT2D eigenvalue weighted by molar-refractivity contribution is 0.322. The summed E-state index contributed by atoms with van der Waals surface area (Å²) in [6, 6.07) is 11.9. The van der Waals surface area contributed by atoms with E-state index in [1.807, 2.05) is 37.4 Å². The van der Waals surface area contributed by atoms with E-state index in [9.17, 15) is 0 Å². The first kappa shape index (κ1) is 22.2. The van der Waals surface area contributed by atoms with Gasteiger partial charge in [-0.3, -0.25) is 4.99 Å². The maximum atomic E-state index is 5.56. The maximum Gasteiger partial charge on any atom is 0.203 e. The molecule has 1 N–H and O–H groups in total. The molecule has 2 aromatic carbocycles. The lowest BCUT2D eigenvalue weighted by atomic mass is 10.1. The van der Waals surface area contributed by atoms with E-state index >= 15 is 0 Å². The van der Waals surface area contributed by atoms with Gasteiger partial charge >= 0.3 is 0 Å². The Morgan fingerprint density at radius 2 is 1.55 bits per heavy atom. The topological polar surface area (TPSA) is 64.6 Å². The average Bonchev–Trinajstić information content (AvgIpc) is 2.76. The molecule has 0 aromatic heterocycles. The average molecular weight is 402 g/mol. The molecule has 0 bridgehead atoms. The highest BCUT2D eigenvalue weighted by Crippen LogP contribution is 2.39. The normalized spacial score (nSPS) is 11.0. The number of benzene rings is 2. The summed E-state index contributed by atoms with van der Waals surface area (Å²) in [5.41, 5.74) is 2.13. The van der Waals surface area contributed by atoms with Crippen LogP contribution in [-0.4, -0.2) is 59.9 Å². The number of hydrogen-bond acceptors (Lipinski definition) is 5. The number of aliphatic imine (C=N–C) groups is 1. The zero-order valence-corrected chi connectivity index (χ0v) is 18.1. The fraction of sp³-hybridized carbons (Fsp3) is 0.409. The van der Waals surface area contributed by atoms with E-state index in [2.05, 4.69) is 21.3 Å². The van der Waals surface area contributed by atoms with Crippen LogP contribution in [0.1, 0.15) is 11.1 Å². The molecule has 0 saturated carbocycles. The second-order valence-electron chi connectivity index (χ2n) is 6.39. The van der Waals surface area contributed by atoms with Gasteiger partial charge in [0.05, 0.1) is 28.4 Å². The zero-order chi connectivity index (χ0) is 21.2. The van der Waals surface area contributed by atoms with E-state index in [-0.39, 0.29) is 0 Å². The van der Waals surface area contributed by atoms with Gasteiger partial charge in [0.1, 0.15) is 5.75 Å². The molecule has 0 atom stereocenters. The molecule has 0 fully saturated rings. The highest BCUT2D eigenvalue weighted by molar-refractivity contribution is 5.79. The molecule has 0 aliphatic rings. The summed E-state index contributed by atoms with van der Waals surface area (Å²) < 4.78 is 21.8. The van der Waals surface area contributed by atoms with Gasteiger partial charge in [-0.05, 0) is 18.6 Å². The summed E-state index contributed by atoms with van der Waals surface area (Å²) in [6.45, 7) is 1.37. The van der Waals surface area contributed by atoms with Crippen molar-refractivity contribution in [1.82, 2.24) is 10.2 Å². The predicted octanol–water partition coefficient (Wildman–Crippen LogP) is 2.97. The third kappa shape index (κ3) is 5.47. The van der Waals surface area contributed by atoms with Crippen LogP contribution < -0.4 is 24.3 Å². The summed E-state index contributed by atoms with van der Waals surface area (Å²) in [7, 11) is 10.3. The van der Waals surface area contributed by atoms with Gasteiger partial charge in [0.25, 0.3) is 0 Å². The van der Waals surface area contributed by atoms with Gasteiger partial charge < -0.3 is 29.2 Å².